The number of piperazine rings is 1. The minimum absolute atomic E-state index is 0.0891. The first kappa shape index (κ1) is 21.2. The lowest BCUT2D eigenvalue weighted by Crippen LogP contribution is -2.53. The van der Waals surface area contributed by atoms with E-state index in [4.69, 9.17) is 4.74 Å². The summed E-state index contributed by atoms with van der Waals surface area (Å²) in [7, 11) is 0. The van der Waals surface area contributed by atoms with Crippen LogP contribution in [0, 0.1) is 0 Å². The Kier molecular flexibility index (Phi) is 7.36. The van der Waals surface area contributed by atoms with Crippen LogP contribution in [-0.4, -0.2) is 72.9 Å². The van der Waals surface area contributed by atoms with E-state index in [-0.39, 0.29) is 30.4 Å². The molecule has 1 fully saturated rings. The molecule has 1 aliphatic rings. The highest BCUT2D eigenvalue weighted by Crippen LogP contribution is 2.19. The van der Waals surface area contributed by atoms with E-state index < -0.39 is 0 Å². The van der Waals surface area contributed by atoms with Crippen LogP contribution in [0.2, 0.25) is 0 Å². The molecule has 1 aromatic carbocycles. The molecule has 9 nitrogen and oxygen atoms in total. The molecule has 0 aliphatic carbocycles. The van der Waals surface area contributed by atoms with E-state index in [2.05, 4.69) is 5.32 Å². The number of benzene rings is 1. The zero-order valence-electron chi connectivity index (χ0n) is 16.4. The summed E-state index contributed by atoms with van der Waals surface area (Å²) in [5, 5.41) is 2.65. The summed E-state index contributed by atoms with van der Waals surface area (Å²) in [4.78, 5) is 52.1. The molecule has 0 bridgehead atoms. The van der Waals surface area contributed by atoms with Crippen LogP contribution in [0.1, 0.15) is 20.8 Å². The SMILES string of the molecule is CCOC(=O)N1CCN(C(=O)CN(C(C)=O)c2ccc(NC(C)=O)cc2)CC1. The number of hydrogen-bond donors (Lipinski definition) is 1. The number of carbonyl (C=O) groups excluding carboxylic acids is 4. The zero-order chi connectivity index (χ0) is 20.7. The second-order valence-corrected chi connectivity index (χ2v) is 6.40. The Bertz CT molecular complexity index is 726. The van der Waals surface area contributed by atoms with E-state index >= 15 is 0 Å². The number of nitrogens with zero attached hydrogens (tertiary/aromatic N) is 3. The lowest BCUT2D eigenvalue weighted by Gasteiger charge is -2.35. The maximum atomic E-state index is 12.6. The van der Waals surface area contributed by atoms with Gasteiger partial charge in [0.15, 0.2) is 0 Å². The molecule has 1 N–H and O–H groups in total. The van der Waals surface area contributed by atoms with Crippen molar-refractivity contribution in [3.8, 4) is 0 Å². The van der Waals surface area contributed by atoms with Gasteiger partial charge in [-0.1, -0.05) is 0 Å². The molecule has 0 radical (unpaired) electrons. The van der Waals surface area contributed by atoms with Gasteiger partial charge in [0.2, 0.25) is 17.7 Å². The second kappa shape index (κ2) is 9.72. The van der Waals surface area contributed by atoms with Gasteiger partial charge < -0.3 is 24.8 Å². The Labute approximate surface area is 164 Å². The molecule has 152 valence electrons. The predicted octanol–water partition coefficient (Wildman–Crippen LogP) is 1.30. The van der Waals surface area contributed by atoms with Gasteiger partial charge in [-0.3, -0.25) is 14.4 Å². The molecule has 1 aromatic rings. The monoisotopic (exact) mass is 390 g/mol. The van der Waals surface area contributed by atoms with Crippen molar-refractivity contribution in [3.63, 3.8) is 0 Å². The molecule has 4 amide bonds. The molecule has 0 spiro atoms. The Morgan fingerprint density at radius 3 is 2.07 bits per heavy atom. The number of anilines is 2. The van der Waals surface area contributed by atoms with Gasteiger partial charge in [0, 0.05) is 51.4 Å². The highest BCUT2D eigenvalue weighted by Gasteiger charge is 2.26. The first-order valence-electron chi connectivity index (χ1n) is 9.17. The summed E-state index contributed by atoms with van der Waals surface area (Å²) < 4.78 is 4.97. The third-order valence-electron chi connectivity index (χ3n) is 4.33. The molecule has 0 atom stereocenters. The average Bonchev–Trinajstić information content (AvgIpc) is 2.66. The molecule has 0 saturated carbocycles. The second-order valence-electron chi connectivity index (χ2n) is 6.40. The summed E-state index contributed by atoms with van der Waals surface area (Å²) in [6.45, 7) is 6.36. The smallest absolute Gasteiger partial charge is 0.409 e. The van der Waals surface area contributed by atoms with Crippen molar-refractivity contribution < 1.29 is 23.9 Å². The van der Waals surface area contributed by atoms with E-state index in [1.165, 1.54) is 18.7 Å². The zero-order valence-corrected chi connectivity index (χ0v) is 16.4. The fourth-order valence-corrected chi connectivity index (χ4v) is 2.90. The summed E-state index contributed by atoms with van der Waals surface area (Å²) in [6.07, 6.45) is -0.376. The van der Waals surface area contributed by atoms with Gasteiger partial charge in [-0.25, -0.2) is 4.79 Å². The number of carbonyl (C=O) groups is 4. The predicted molar refractivity (Wildman–Crippen MR) is 104 cm³/mol. The highest BCUT2D eigenvalue weighted by atomic mass is 16.6. The van der Waals surface area contributed by atoms with Crippen molar-refractivity contribution in [2.75, 3.05) is 49.5 Å². The Morgan fingerprint density at radius 1 is 1.00 bits per heavy atom. The molecule has 1 saturated heterocycles. The minimum atomic E-state index is -0.376. The lowest BCUT2D eigenvalue weighted by molar-refractivity contribution is -0.132. The maximum absolute atomic E-state index is 12.6. The molecule has 1 heterocycles. The van der Waals surface area contributed by atoms with Crippen molar-refractivity contribution in [1.29, 1.82) is 0 Å². The number of rotatable bonds is 5. The fraction of sp³-hybridized carbons (Fsp3) is 0.474. The molecule has 2 rings (SSSR count). The number of hydrogen-bond acceptors (Lipinski definition) is 5. The van der Waals surface area contributed by atoms with E-state index in [9.17, 15) is 19.2 Å². The highest BCUT2D eigenvalue weighted by molar-refractivity contribution is 5.98. The van der Waals surface area contributed by atoms with Gasteiger partial charge in [-0.2, -0.15) is 0 Å². The standard InChI is InChI=1S/C19H26N4O5/c1-4-28-19(27)22-11-9-21(10-12-22)18(26)13-23(15(3)25)17-7-5-16(6-8-17)20-14(2)24/h5-8H,4,9-13H2,1-3H3,(H,20,24). The van der Waals surface area contributed by atoms with Crippen molar-refractivity contribution in [2.45, 2.75) is 20.8 Å². The average molecular weight is 390 g/mol. The molecular weight excluding hydrogens is 364 g/mol. The van der Waals surface area contributed by atoms with Crippen LogP contribution in [0.15, 0.2) is 24.3 Å². The molecular formula is C19H26N4O5. The van der Waals surface area contributed by atoms with Gasteiger partial charge in [0.25, 0.3) is 0 Å². The lowest BCUT2D eigenvalue weighted by atomic mass is 10.2. The minimum Gasteiger partial charge on any atom is -0.450 e. The van der Waals surface area contributed by atoms with Gasteiger partial charge in [-0.05, 0) is 31.2 Å². The number of nitrogens with one attached hydrogen (secondary N) is 1. The topological polar surface area (TPSA) is 99.3 Å². The van der Waals surface area contributed by atoms with Gasteiger partial charge >= 0.3 is 6.09 Å². The Hall–Kier alpha value is -3.10. The van der Waals surface area contributed by atoms with Crippen LogP contribution in [0.4, 0.5) is 16.2 Å². The van der Waals surface area contributed by atoms with Gasteiger partial charge in [-0.15, -0.1) is 0 Å². The molecule has 9 heteroatoms. The summed E-state index contributed by atoms with van der Waals surface area (Å²) >= 11 is 0. The van der Waals surface area contributed by atoms with Crippen LogP contribution < -0.4 is 10.2 Å². The largest absolute Gasteiger partial charge is 0.450 e. The van der Waals surface area contributed by atoms with Crippen LogP contribution in [0.5, 0.6) is 0 Å². The van der Waals surface area contributed by atoms with Crippen molar-refractivity contribution in [3.05, 3.63) is 24.3 Å². The molecule has 1 aliphatic heterocycles. The van der Waals surface area contributed by atoms with Gasteiger partial charge in [0.1, 0.15) is 6.54 Å². The van der Waals surface area contributed by atoms with Crippen molar-refractivity contribution in [2.24, 2.45) is 0 Å². The molecule has 28 heavy (non-hydrogen) atoms. The third kappa shape index (κ3) is 5.70. The van der Waals surface area contributed by atoms with Crippen LogP contribution in [-0.2, 0) is 19.1 Å². The van der Waals surface area contributed by atoms with E-state index in [0.29, 0.717) is 44.2 Å². The molecule has 0 unspecified atom stereocenters. The van der Waals surface area contributed by atoms with E-state index in [0.717, 1.165) is 0 Å². The van der Waals surface area contributed by atoms with Crippen molar-refractivity contribution in [1.82, 2.24) is 9.80 Å². The third-order valence-corrected chi connectivity index (χ3v) is 4.33. The van der Waals surface area contributed by atoms with Gasteiger partial charge in [0.05, 0.1) is 6.61 Å². The van der Waals surface area contributed by atoms with Crippen molar-refractivity contribution >= 4 is 35.2 Å². The van der Waals surface area contributed by atoms with E-state index in [1.807, 2.05) is 0 Å². The fourth-order valence-electron chi connectivity index (χ4n) is 2.90. The Morgan fingerprint density at radius 2 is 1.57 bits per heavy atom. The quantitative estimate of drug-likeness (QED) is 0.817. The normalized spacial score (nSPS) is 13.7. The molecule has 0 aromatic heterocycles. The first-order chi connectivity index (χ1) is 13.3. The van der Waals surface area contributed by atoms with Crippen LogP contribution in [0.25, 0.3) is 0 Å². The number of ether oxygens (including phenoxy) is 1. The Balaban J connectivity index is 1.97. The number of amides is 4. The van der Waals surface area contributed by atoms with E-state index in [1.54, 1.807) is 41.0 Å². The first-order valence-corrected chi connectivity index (χ1v) is 9.17. The summed E-state index contributed by atoms with van der Waals surface area (Å²) in [6, 6.07) is 6.71. The summed E-state index contributed by atoms with van der Waals surface area (Å²) in [5.41, 5.74) is 1.18. The summed E-state index contributed by atoms with van der Waals surface area (Å²) in [5.74, 6) is -0.635. The maximum Gasteiger partial charge on any atom is 0.409 e. The van der Waals surface area contributed by atoms with Crippen LogP contribution in [0.3, 0.4) is 0 Å². The van der Waals surface area contributed by atoms with Crippen LogP contribution >= 0.6 is 0 Å².